The van der Waals surface area contributed by atoms with Gasteiger partial charge in [0.25, 0.3) is 5.89 Å². The fraction of sp³-hybridized carbons (Fsp3) is 0.188. The molecule has 0 bridgehead atoms. The van der Waals surface area contributed by atoms with Crippen LogP contribution in [0.25, 0.3) is 11.5 Å². The number of hydrogen-bond acceptors (Lipinski definition) is 8. The third-order valence-electron chi connectivity index (χ3n) is 3.13. The van der Waals surface area contributed by atoms with Crippen LogP contribution in [0.4, 0.5) is 0 Å². The highest BCUT2D eigenvalue weighted by Gasteiger charge is 2.13. The summed E-state index contributed by atoms with van der Waals surface area (Å²) in [5, 5.41) is 3.78. The summed E-state index contributed by atoms with van der Waals surface area (Å²) >= 11 is 0. The van der Waals surface area contributed by atoms with Gasteiger partial charge >= 0.3 is 5.97 Å². The highest BCUT2D eigenvalue weighted by molar-refractivity contribution is 5.86. The summed E-state index contributed by atoms with van der Waals surface area (Å²) < 4.78 is 15.3. The van der Waals surface area contributed by atoms with Crippen molar-refractivity contribution in [1.82, 2.24) is 20.1 Å². The van der Waals surface area contributed by atoms with Gasteiger partial charge in [-0.1, -0.05) is 5.16 Å². The highest BCUT2D eigenvalue weighted by atomic mass is 16.5. The lowest BCUT2D eigenvalue weighted by Crippen LogP contribution is -2.08. The summed E-state index contributed by atoms with van der Waals surface area (Å²) in [6.45, 7) is 1.66. The van der Waals surface area contributed by atoms with E-state index >= 15 is 0 Å². The summed E-state index contributed by atoms with van der Waals surface area (Å²) in [6.07, 6.45) is 2.85. The molecule has 0 saturated heterocycles. The molecule has 2 heterocycles. The largest absolute Gasteiger partial charge is 0.497 e. The van der Waals surface area contributed by atoms with Gasteiger partial charge in [-0.15, -0.1) is 0 Å². The van der Waals surface area contributed by atoms with Crippen LogP contribution < -0.4 is 4.74 Å². The van der Waals surface area contributed by atoms with Crippen LogP contribution in [0.2, 0.25) is 0 Å². The SMILES string of the molecule is COc1ccc(-c2nc(COC(=O)c3cnc(C)cn3)no2)cc1. The van der Waals surface area contributed by atoms with Gasteiger partial charge in [0.05, 0.1) is 19.0 Å². The van der Waals surface area contributed by atoms with Gasteiger partial charge in [-0.2, -0.15) is 4.98 Å². The molecule has 3 rings (SSSR count). The number of benzene rings is 1. The molecule has 8 heteroatoms. The van der Waals surface area contributed by atoms with E-state index in [1.807, 2.05) is 0 Å². The number of aryl methyl sites for hydroxylation is 1. The monoisotopic (exact) mass is 326 g/mol. The maximum absolute atomic E-state index is 11.9. The number of nitrogens with zero attached hydrogens (tertiary/aromatic N) is 4. The summed E-state index contributed by atoms with van der Waals surface area (Å²) in [7, 11) is 1.59. The smallest absolute Gasteiger partial charge is 0.358 e. The normalized spacial score (nSPS) is 10.4. The Kier molecular flexibility index (Phi) is 4.46. The predicted molar refractivity (Wildman–Crippen MR) is 82.2 cm³/mol. The zero-order chi connectivity index (χ0) is 16.9. The summed E-state index contributed by atoms with van der Waals surface area (Å²) in [4.78, 5) is 24.0. The first-order chi connectivity index (χ1) is 11.7. The van der Waals surface area contributed by atoms with Gasteiger partial charge < -0.3 is 14.0 Å². The molecule has 2 aromatic heterocycles. The lowest BCUT2D eigenvalue weighted by molar-refractivity contribution is 0.0452. The van der Waals surface area contributed by atoms with Crippen LogP contribution in [-0.2, 0) is 11.3 Å². The molecule has 122 valence electrons. The van der Waals surface area contributed by atoms with Crippen molar-refractivity contribution in [3.8, 4) is 17.2 Å². The molecule has 3 aromatic rings. The Morgan fingerprint density at radius 1 is 1.17 bits per heavy atom. The van der Waals surface area contributed by atoms with Gasteiger partial charge in [0.15, 0.2) is 12.3 Å². The van der Waals surface area contributed by atoms with Crippen LogP contribution in [0.1, 0.15) is 22.0 Å². The second-order valence-corrected chi connectivity index (χ2v) is 4.86. The average molecular weight is 326 g/mol. The van der Waals surface area contributed by atoms with Crippen molar-refractivity contribution in [2.75, 3.05) is 7.11 Å². The summed E-state index contributed by atoms with van der Waals surface area (Å²) in [5.41, 5.74) is 1.58. The van der Waals surface area contributed by atoms with Crippen molar-refractivity contribution in [1.29, 1.82) is 0 Å². The third-order valence-corrected chi connectivity index (χ3v) is 3.13. The van der Waals surface area contributed by atoms with Crippen molar-refractivity contribution >= 4 is 5.97 Å². The quantitative estimate of drug-likeness (QED) is 0.658. The summed E-state index contributed by atoms with van der Waals surface area (Å²) in [6, 6.07) is 7.17. The Bertz CT molecular complexity index is 828. The molecule has 0 saturated carbocycles. The van der Waals surface area contributed by atoms with Crippen LogP contribution in [-0.4, -0.2) is 33.2 Å². The zero-order valence-corrected chi connectivity index (χ0v) is 13.1. The van der Waals surface area contributed by atoms with Gasteiger partial charge in [0, 0.05) is 11.8 Å². The Balaban J connectivity index is 1.63. The minimum atomic E-state index is -0.599. The number of carbonyl (C=O) groups is 1. The van der Waals surface area contributed by atoms with E-state index in [2.05, 4.69) is 20.1 Å². The van der Waals surface area contributed by atoms with E-state index in [9.17, 15) is 4.79 Å². The molecule has 0 radical (unpaired) electrons. The minimum absolute atomic E-state index is 0.117. The molecule has 0 atom stereocenters. The van der Waals surface area contributed by atoms with Crippen molar-refractivity contribution in [2.45, 2.75) is 13.5 Å². The van der Waals surface area contributed by atoms with E-state index in [0.29, 0.717) is 11.6 Å². The second kappa shape index (κ2) is 6.86. The van der Waals surface area contributed by atoms with Gasteiger partial charge in [-0.05, 0) is 31.2 Å². The van der Waals surface area contributed by atoms with Gasteiger partial charge in [-0.3, -0.25) is 4.98 Å². The van der Waals surface area contributed by atoms with Crippen molar-refractivity contribution < 1.29 is 18.8 Å². The van der Waals surface area contributed by atoms with Crippen LogP contribution in [0.5, 0.6) is 5.75 Å². The number of rotatable bonds is 5. The summed E-state index contributed by atoms with van der Waals surface area (Å²) in [5.74, 6) is 0.720. The zero-order valence-electron chi connectivity index (χ0n) is 13.1. The van der Waals surface area contributed by atoms with E-state index < -0.39 is 5.97 Å². The van der Waals surface area contributed by atoms with Crippen LogP contribution >= 0.6 is 0 Å². The topological polar surface area (TPSA) is 100 Å². The van der Waals surface area contributed by atoms with Crippen LogP contribution in [0.15, 0.2) is 41.2 Å². The molecule has 0 aliphatic carbocycles. The van der Waals surface area contributed by atoms with Crippen LogP contribution in [0, 0.1) is 6.92 Å². The highest BCUT2D eigenvalue weighted by Crippen LogP contribution is 2.20. The van der Waals surface area contributed by atoms with Gasteiger partial charge in [-0.25, -0.2) is 9.78 Å². The van der Waals surface area contributed by atoms with Gasteiger partial charge in [0.1, 0.15) is 5.75 Å². The fourth-order valence-electron chi connectivity index (χ4n) is 1.87. The molecule has 24 heavy (non-hydrogen) atoms. The lowest BCUT2D eigenvalue weighted by atomic mass is 10.2. The van der Waals surface area contributed by atoms with Crippen molar-refractivity contribution in [3.05, 3.63) is 53.9 Å². The molecule has 0 N–H and O–H groups in total. The number of hydrogen-bond donors (Lipinski definition) is 0. The fourth-order valence-corrected chi connectivity index (χ4v) is 1.87. The molecule has 0 amide bonds. The molecule has 0 unspecified atom stereocenters. The number of aromatic nitrogens is 4. The Morgan fingerprint density at radius 2 is 1.96 bits per heavy atom. The lowest BCUT2D eigenvalue weighted by Gasteiger charge is -2.00. The molecule has 8 nitrogen and oxygen atoms in total. The Morgan fingerprint density at radius 3 is 2.62 bits per heavy atom. The standard InChI is InChI=1S/C16H14N4O4/c1-10-7-18-13(8-17-10)16(21)23-9-14-19-15(24-20-14)11-3-5-12(22-2)6-4-11/h3-8H,9H2,1-2H3. The molecule has 1 aromatic carbocycles. The number of carbonyl (C=O) groups excluding carboxylic acids is 1. The Hall–Kier alpha value is -3.29. The second-order valence-electron chi connectivity index (χ2n) is 4.86. The van der Waals surface area contributed by atoms with Crippen LogP contribution in [0.3, 0.4) is 0 Å². The maximum atomic E-state index is 11.9. The maximum Gasteiger partial charge on any atom is 0.358 e. The van der Waals surface area contributed by atoms with E-state index in [4.69, 9.17) is 14.0 Å². The van der Waals surface area contributed by atoms with E-state index in [1.54, 1.807) is 38.3 Å². The Labute approximate surface area is 137 Å². The first-order valence-corrected chi connectivity index (χ1v) is 7.08. The van der Waals surface area contributed by atoms with Crippen molar-refractivity contribution in [3.63, 3.8) is 0 Å². The van der Waals surface area contributed by atoms with E-state index in [-0.39, 0.29) is 18.1 Å². The molecule has 0 aliphatic rings. The third kappa shape index (κ3) is 3.54. The minimum Gasteiger partial charge on any atom is -0.497 e. The number of methoxy groups -OCH3 is 1. The first-order valence-electron chi connectivity index (χ1n) is 7.08. The first kappa shape index (κ1) is 15.6. The van der Waals surface area contributed by atoms with Crippen molar-refractivity contribution in [2.24, 2.45) is 0 Å². The van der Waals surface area contributed by atoms with Gasteiger partial charge in [0.2, 0.25) is 5.82 Å². The van der Waals surface area contributed by atoms with E-state index in [1.165, 1.54) is 12.4 Å². The predicted octanol–water partition coefficient (Wildman–Crippen LogP) is 2.20. The molecular formula is C16H14N4O4. The molecule has 0 spiro atoms. The molecule has 0 fully saturated rings. The number of esters is 1. The molecule has 0 aliphatic heterocycles. The molecular weight excluding hydrogens is 312 g/mol. The van der Waals surface area contributed by atoms with E-state index in [0.717, 1.165) is 11.3 Å². The number of ether oxygens (including phenoxy) is 2. The average Bonchev–Trinajstić information content (AvgIpc) is 3.09.